The number of nitrogens with zero attached hydrogens (tertiary/aromatic N) is 1. The van der Waals surface area contributed by atoms with Crippen LogP contribution in [0.5, 0.6) is 0 Å². The van der Waals surface area contributed by atoms with E-state index < -0.39 is 18.2 Å². The van der Waals surface area contributed by atoms with E-state index in [0.717, 1.165) is 0 Å². The van der Waals surface area contributed by atoms with Crippen LogP contribution in [0.25, 0.3) is 0 Å². The van der Waals surface area contributed by atoms with E-state index in [4.69, 9.17) is 10.8 Å². The van der Waals surface area contributed by atoms with Crippen LogP contribution < -0.4 is 5.73 Å². The molecule has 88 valence electrons. The van der Waals surface area contributed by atoms with E-state index in [1.807, 2.05) is 20.8 Å². The summed E-state index contributed by atoms with van der Waals surface area (Å²) in [5.74, 6) is 0. The van der Waals surface area contributed by atoms with Crippen LogP contribution in [0.1, 0.15) is 27.2 Å². The lowest BCUT2D eigenvalue weighted by Gasteiger charge is -2.46. The van der Waals surface area contributed by atoms with Crippen molar-refractivity contribution in [2.75, 3.05) is 6.54 Å². The third-order valence-corrected chi connectivity index (χ3v) is 2.93. The highest BCUT2D eigenvalue weighted by atomic mass is 16.4. The van der Waals surface area contributed by atoms with Crippen LogP contribution in [-0.2, 0) is 0 Å². The topological polar surface area (TPSA) is 86.8 Å². The smallest absolute Gasteiger partial charge is 0.407 e. The number of hydrogen-bond donors (Lipinski definition) is 3. The molecule has 5 heteroatoms. The zero-order valence-corrected chi connectivity index (χ0v) is 9.47. The summed E-state index contributed by atoms with van der Waals surface area (Å²) in [6.45, 7) is 6.13. The molecule has 0 aromatic rings. The van der Waals surface area contributed by atoms with Gasteiger partial charge in [0.05, 0.1) is 12.1 Å². The molecule has 1 aliphatic heterocycles. The Morgan fingerprint density at radius 1 is 1.47 bits per heavy atom. The number of carbonyl (C=O) groups is 1. The molecule has 3 unspecified atom stereocenters. The van der Waals surface area contributed by atoms with Gasteiger partial charge >= 0.3 is 6.09 Å². The fourth-order valence-electron chi connectivity index (χ4n) is 2.21. The van der Waals surface area contributed by atoms with Crippen molar-refractivity contribution < 1.29 is 15.0 Å². The van der Waals surface area contributed by atoms with Gasteiger partial charge in [-0.05, 0) is 11.8 Å². The molecule has 1 rings (SSSR count). The Bertz CT molecular complexity index is 250. The summed E-state index contributed by atoms with van der Waals surface area (Å²) in [6, 6.07) is -0.761. The third kappa shape index (κ3) is 2.41. The lowest BCUT2D eigenvalue weighted by molar-refractivity contribution is -0.0410. The van der Waals surface area contributed by atoms with Crippen molar-refractivity contribution in [3.8, 4) is 0 Å². The maximum absolute atomic E-state index is 11.0. The van der Waals surface area contributed by atoms with Gasteiger partial charge in [-0.15, -0.1) is 0 Å². The Labute approximate surface area is 89.9 Å². The number of aliphatic hydroxyl groups excluding tert-OH is 1. The Hall–Kier alpha value is -0.810. The lowest BCUT2D eigenvalue weighted by atomic mass is 9.77. The van der Waals surface area contributed by atoms with Crippen molar-refractivity contribution in [3.63, 3.8) is 0 Å². The zero-order valence-electron chi connectivity index (χ0n) is 9.47. The molecule has 0 radical (unpaired) electrons. The van der Waals surface area contributed by atoms with Gasteiger partial charge in [0.2, 0.25) is 0 Å². The maximum atomic E-state index is 11.0. The molecule has 1 saturated heterocycles. The van der Waals surface area contributed by atoms with Crippen LogP contribution in [-0.4, -0.2) is 45.9 Å². The maximum Gasteiger partial charge on any atom is 0.407 e. The fourth-order valence-corrected chi connectivity index (χ4v) is 2.21. The highest BCUT2D eigenvalue weighted by Crippen LogP contribution is 2.31. The van der Waals surface area contributed by atoms with E-state index in [2.05, 4.69) is 0 Å². The summed E-state index contributed by atoms with van der Waals surface area (Å²) in [7, 11) is 0. The summed E-state index contributed by atoms with van der Waals surface area (Å²) in [6.07, 6.45) is -1.25. The van der Waals surface area contributed by atoms with Crippen molar-refractivity contribution in [1.29, 1.82) is 0 Å². The molecule has 0 aromatic heterocycles. The number of likely N-dealkylation sites (tertiary alicyclic amines) is 1. The van der Waals surface area contributed by atoms with Crippen LogP contribution >= 0.6 is 0 Å². The number of rotatable bonds is 0. The van der Waals surface area contributed by atoms with Crippen LogP contribution in [0.3, 0.4) is 0 Å². The quantitative estimate of drug-likeness (QED) is 0.549. The summed E-state index contributed by atoms with van der Waals surface area (Å²) in [5.41, 5.74) is 5.45. The first-order chi connectivity index (χ1) is 6.75. The number of aliphatic hydroxyl groups is 1. The van der Waals surface area contributed by atoms with Crippen molar-refractivity contribution >= 4 is 6.09 Å². The molecule has 3 atom stereocenters. The standard InChI is InChI=1S/C10H20N2O3/c1-10(2,3)8-7(13)6(11)4-5-12(8)9(14)15/h6-8,13H,4-5,11H2,1-3H3,(H,14,15). The molecule has 5 nitrogen and oxygen atoms in total. The Balaban J connectivity index is 2.95. The van der Waals surface area contributed by atoms with E-state index in [1.165, 1.54) is 4.90 Å². The highest BCUT2D eigenvalue weighted by Gasteiger charge is 2.44. The molecule has 0 spiro atoms. The molecule has 1 fully saturated rings. The molecule has 1 heterocycles. The van der Waals surface area contributed by atoms with Gasteiger partial charge in [-0.25, -0.2) is 4.79 Å². The van der Waals surface area contributed by atoms with Gasteiger partial charge in [0, 0.05) is 12.6 Å². The minimum absolute atomic E-state index is 0.310. The second-order valence-corrected chi connectivity index (χ2v) is 5.23. The van der Waals surface area contributed by atoms with Gasteiger partial charge in [-0.2, -0.15) is 0 Å². The van der Waals surface area contributed by atoms with Crippen LogP contribution in [0.2, 0.25) is 0 Å². The number of hydrogen-bond acceptors (Lipinski definition) is 3. The normalized spacial score (nSPS) is 32.9. The molecule has 0 bridgehead atoms. The van der Waals surface area contributed by atoms with Gasteiger partial charge in [0.25, 0.3) is 0 Å². The predicted molar refractivity (Wildman–Crippen MR) is 56.6 cm³/mol. The average Bonchev–Trinajstić information content (AvgIpc) is 2.06. The molecule has 0 aliphatic carbocycles. The largest absolute Gasteiger partial charge is 0.465 e. The lowest BCUT2D eigenvalue weighted by Crippen LogP contribution is -2.63. The fraction of sp³-hybridized carbons (Fsp3) is 0.900. The van der Waals surface area contributed by atoms with E-state index in [1.54, 1.807) is 0 Å². The number of carboxylic acid groups (broad SMARTS) is 1. The van der Waals surface area contributed by atoms with Crippen LogP contribution in [0.15, 0.2) is 0 Å². The second-order valence-electron chi connectivity index (χ2n) is 5.23. The van der Waals surface area contributed by atoms with Crippen LogP contribution in [0.4, 0.5) is 4.79 Å². The van der Waals surface area contributed by atoms with Gasteiger partial charge in [0.1, 0.15) is 0 Å². The molecule has 0 saturated carbocycles. The summed E-state index contributed by atoms with van der Waals surface area (Å²) in [5, 5.41) is 19.0. The van der Waals surface area contributed by atoms with Crippen molar-refractivity contribution in [3.05, 3.63) is 0 Å². The predicted octanol–water partition coefficient (Wildman–Crippen LogP) is 0.473. The molecule has 4 N–H and O–H groups in total. The second kappa shape index (κ2) is 3.98. The average molecular weight is 216 g/mol. The highest BCUT2D eigenvalue weighted by molar-refractivity contribution is 5.66. The molecular weight excluding hydrogens is 196 g/mol. The third-order valence-electron chi connectivity index (χ3n) is 2.93. The number of piperidine rings is 1. The zero-order chi connectivity index (χ0) is 11.8. The molecule has 1 aliphatic rings. The van der Waals surface area contributed by atoms with Crippen LogP contribution in [0, 0.1) is 5.41 Å². The van der Waals surface area contributed by atoms with Crippen molar-refractivity contribution in [2.45, 2.75) is 45.4 Å². The van der Waals surface area contributed by atoms with E-state index in [-0.39, 0.29) is 11.5 Å². The first-order valence-corrected chi connectivity index (χ1v) is 5.18. The Morgan fingerprint density at radius 2 is 2.00 bits per heavy atom. The molecular formula is C10H20N2O3. The van der Waals surface area contributed by atoms with E-state index >= 15 is 0 Å². The SMILES string of the molecule is CC(C)(C)C1C(O)C(N)CCN1C(=O)O. The van der Waals surface area contributed by atoms with Gasteiger partial charge in [0.15, 0.2) is 0 Å². The first kappa shape index (κ1) is 12.3. The summed E-state index contributed by atoms with van der Waals surface area (Å²) < 4.78 is 0. The van der Waals surface area contributed by atoms with Crippen molar-refractivity contribution in [1.82, 2.24) is 4.90 Å². The monoisotopic (exact) mass is 216 g/mol. The minimum atomic E-state index is -0.985. The molecule has 15 heavy (non-hydrogen) atoms. The number of nitrogens with two attached hydrogens (primary N) is 1. The van der Waals surface area contributed by atoms with Gasteiger partial charge in [-0.3, -0.25) is 0 Å². The first-order valence-electron chi connectivity index (χ1n) is 5.18. The van der Waals surface area contributed by atoms with E-state index in [9.17, 15) is 9.90 Å². The van der Waals surface area contributed by atoms with Gasteiger partial charge < -0.3 is 20.8 Å². The summed E-state index contributed by atoms with van der Waals surface area (Å²) in [4.78, 5) is 12.3. The Morgan fingerprint density at radius 3 is 2.40 bits per heavy atom. The van der Waals surface area contributed by atoms with Crippen molar-refractivity contribution in [2.24, 2.45) is 11.1 Å². The summed E-state index contributed by atoms with van der Waals surface area (Å²) >= 11 is 0. The Kier molecular flexibility index (Phi) is 3.25. The minimum Gasteiger partial charge on any atom is -0.465 e. The molecule has 1 amide bonds. The van der Waals surface area contributed by atoms with E-state index in [0.29, 0.717) is 13.0 Å². The van der Waals surface area contributed by atoms with Gasteiger partial charge in [-0.1, -0.05) is 20.8 Å². The number of amides is 1. The molecule has 0 aromatic carbocycles.